The van der Waals surface area contributed by atoms with Gasteiger partial charge in [-0.15, -0.1) is 0 Å². The number of carbonyl (C=O) groups is 2. The van der Waals surface area contributed by atoms with Crippen LogP contribution in [0.5, 0.6) is 11.5 Å². The number of unbranched alkanes of at least 4 members (excludes halogenated alkanes) is 2. The molecule has 282 valence electrons. The van der Waals surface area contributed by atoms with Gasteiger partial charge in [0.2, 0.25) is 0 Å². The molecule has 0 aromatic heterocycles. The summed E-state index contributed by atoms with van der Waals surface area (Å²) in [6.45, 7) is 6.84. The molecule has 2 aromatic carbocycles. The highest BCUT2D eigenvalue weighted by Gasteiger charge is 2.58. The van der Waals surface area contributed by atoms with Crippen LogP contribution in [0.4, 0.5) is 0 Å². The van der Waals surface area contributed by atoms with Crippen molar-refractivity contribution in [3.05, 3.63) is 58.7 Å². The molecule has 0 amide bonds. The van der Waals surface area contributed by atoms with Crippen molar-refractivity contribution in [2.75, 3.05) is 0 Å². The fourth-order valence-corrected chi connectivity index (χ4v) is 13.3. The highest BCUT2D eigenvalue weighted by molar-refractivity contribution is 5.72. The third-order valence-electron chi connectivity index (χ3n) is 15.9. The van der Waals surface area contributed by atoms with Crippen LogP contribution in [0.3, 0.4) is 0 Å². The van der Waals surface area contributed by atoms with E-state index in [1.54, 1.807) is 0 Å². The summed E-state index contributed by atoms with van der Waals surface area (Å²) in [5.41, 5.74) is 5.57. The maximum Gasteiger partial charge on any atom is 0.311 e. The number of carbonyl (C=O) groups excluding carboxylic acids is 2. The zero-order valence-corrected chi connectivity index (χ0v) is 31.9. The van der Waals surface area contributed by atoms with Crippen molar-refractivity contribution in [1.29, 1.82) is 0 Å². The lowest BCUT2D eigenvalue weighted by atomic mass is 9.53. The molecule has 0 radical (unpaired) electrons. The van der Waals surface area contributed by atoms with E-state index in [0.29, 0.717) is 65.8 Å². The van der Waals surface area contributed by atoms with Gasteiger partial charge in [0.05, 0.1) is 6.10 Å². The smallest absolute Gasteiger partial charge is 0.311 e. The van der Waals surface area contributed by atoms with Crippen LogP contribution in [0.1, 0.15) is 158 Å². The topological polar surface area (TPSA) is 93.1 Å². The minimum absolute atomic E-state index is 0.0136. The summed E-state index contributed by atoms with van der Waals surface area (Å²) in [7, 11) is 0. The van der Waals surface area contributed by atoms with Crippen LogP contribution < -0.4 is 4.74 Å². The Morgan fingerprint density at radius 2 is 1.48 bits per heavy atom. The van der Waals surface area contributed by atoms with E-state index in [-0.39, 0.29) is 35.0 Å². The molecule has 6 nitrogen and oxygen atoms in total. The van der Waals surface area contributed by atoms with Crippen molar-refractivity contribution in [3.8, 4) is 11.5 Å². The maximum absolute atomic E-state index is 13.1. The predicted octanol–water partition coefficient (Wildman–Crippen LogP) is 9.96. The zero-order valence-electron chi connectivity index (χ0n) is 31.9. The minimum atomic E-state index is -0.248. The number of hydrogen-bond acceptors (Lipinski definition) is 6. The quantitative estimate of drug-likeness (QED) is 0.145. The van der Waals surface area contributed by atoms with Crippen molar-refractivity contribution < 1.29 is 29.3 Å². The maximum atomic E-state index is 13.1. The number of rotatable bonds is 10. The summed E-state index contributed by atoms with van der Waals surface area (Å²) < 4.78 is 12.0. The second-order valence-corrected chi connectivity index (χ2v) is 18.5. The van der Waals surface area contributed by atoms with E-state index < -0.39 is 0 Å². The minimum Gasteiger partial charge on any atom is -0.508 e. The van der Waals surface area contributed by atoms with Crippen LogP contribution >= 0.6 is 0 Å². The van der Waals surface area contributed by atoms with Gasteiger partial charge in [0.15, 0.2) is 0 Å². The van der Waals surface area contributed by atoms with Gasteiger partial charge in [-0.05, 0) is 177 Å². The highest BCUT2D eigenvalue weighted by Crippen LogP contribution is 2.64. The van der Waals surface area contributed by atoms with Gasteiger partial charge in [-0.25, -0.2) is 0 Å². The summed E-state index contributed by atoms with van der Waals surface area (Å²) in [5, 5.41) is 21.4. The highest BCUT2D eigenvalue weighted by atomic mass is 16.5. The Hall–Kier alpha value is -2.86. The summed E-state index contributed by atoms with van der Waals surface area (Å²) in [5.74, 6) is 4.73. The number of ether oxygens (including phenoxy) is 2. The lowest BCUT2D eigenvalue weighted by molar-refractivity contribution is -0.157. The number of hydrogen-bond donors (Lipinski definition) is 2. The third kappa shape index (κ3) is 6.41. The Morgan fingerprint density at radius 3 is 2.27 bits per heavy atom. The number of aliphatic hydroxyl groups excluding tert-OH is 1. The number of aliphatic hydroxyl groups is 1. The van der Waals surface area contributed by atoms with Gasteiger partial charge in [-0.1, -0.05) is 52.2 Å². The Kier molecular flexibility index (Phi) is 10.0. The lowest BCUT2D eigenvalue weighted by Gasteiger charge is -2.51. The largest absolute Gasteiger partial charge is 0.508 e. The van der Waals surface area contributed by atoms with Crippen molar-refractivity contribution in [3.63, 3.8) is 0 Å². The molecule has 0 aliphatic heterocycles. The van der Waals surface area contributed by atoms with E-state index in [1.807, 2.05) is 18.2 Å². The molecule has 8 rings (SSSR count). The molecular formula is C46H62O6. The molecule has 6 heteroatoms. The Morgan fingerprint density at radius 1 is 0.788 bits per heavy atom. The fraction of sp³-hybridized carbons (Fsp3) is 0.696. The molecule has 4 saturated carbocycles. The normalized spacial score (nSPS) is 37.1. The summed E-state index contributed by atoms with van der Waals surface area (Å²) in [4.78, 5) is 25.6. The molecule has 11 atom stereocenters. The SMILES string of the molecule is CCCCC(=O)OC1CC[C@H]2[C@@H]3CCc4cc(OC(=O)CCCCC5CC(O)[C@@]6(C)CC[C@@H]7c8ccc(O)cc8CC[C@H]7[C@H]56)ccc4[C@H]3CC[C@]12C. The number of phenolic OH excluding ortho intramolecular Hbond substituents is 1. The van der Waals surface area contributed by atoms with E-state index >= 15 is 0 Å². The molecule has 6 aliphatic carbocycles. The van der Waals surface area contributed by atoms with E-state index in [4.69, 9.17) is 9.47 Å². The van der Waals surface area contributed by atoms with Crippen molar-refractivity contribution >= 4 is 11.9 Å². The van der Waals surface area contributed by atoms with Crippen molar-refractivity contribution in [1.82, 2.24) is 0 Å². The number of fused-ring (bicyclic) bond motifs is 10. The van der Waals surface area contributed by atoms with Crippen LogP contribution in [-0.2, 0) is 27.2 Å². The van der Waals surface area contributed by atoms with Gasteiger partial charge in [-0.2, -0.15) is 0 Å². The van der Waals surface area contributed by atoms with E-state index in [2.05, 4.69) is 39.0 Å². The van der Waals surface area contributed by atoms with Crippen LogP contribution in [0.15, 0.2) is 36.4 Å². The predicted molar refractivity (Wildman–Crippen MR) is 202 cm³/mol. The van der Waals surface area contributed by atoms with Crippen LogP contribution in [-0.4, -0.2) is 34.4 Å². The first-order valence-electron chi connectivity index (χ1n) is 21.1. The molecule has 52 heavy (non-hydrogen) atoms. The number of phenols is 1. The summed E-state index contributed by atoms with van der Waals surface area (Å²) >= 11 is 0. The Labute approximate surface area is 311 Å². The average molecular weight is 711 g/mol. The first-order chi connectivity index (χ1) is 25.1. The first kappa shape index (κ1) is 36.1. The molecule has 2 N–H and O–H groups in total. The van der Waals surface area contributed by atoms with Crippen molar-refractivity contribution in [2.45, 2.75) is 160 Å². The van der Waals surface area contributed by atoms with Gasteiger partial charge in [0.25, 0.3) is 0 Å². The first-order valence-corrected chi connectivity index (χ1v) is 21.1. The lowest BCUT2D eigenvalue weighted by Crippen LogP contribution is -2.45. The Balaban J connectivity index is 0.837. The second-order valence-electron chi connectivity index (χ2n) is 18.5. The molecule has 3 unspecified atom stereocenters. The van der Waals surface area contributed by atoms with E-state index in [0.717, 1.165) is 103 Å². The Bertz CT molecular complexity index is 1650. The third-order valence-corrected chi connectivity index (χ3v) is 15.9. The van der Waals surface area contributed by atoms with Crippen LogP contribution in [0, 0.1) is 40.4 Å². The molecule has 0 spiro atoms. The number of esters is 2. The molecule has 0 heterocycles. The van der Waals surface area contributed by atoms with Gasteiger partial charge in [-0.3, -0.25) is 9.59 Å². The van der Waals surface area contributed by atoms with E-state index in [9.17, 15) is 19.8 Å². The van der Waals surface area contributed by atoms with Gasteiger partial charge >= 0.3 is 11.9 Å². The molecule has 0 bridgehead atoms. The van der Waals surface area contributed by atoms with Gasteiger partial charge in [0, 0.05) is 18.3 Å². The monoisotopic (exact) mass is 710 g/mol. The van der Waals surface area contributed by atoms with Crippen molar-refractivity contribution in [2.24, 2.45) is 40.4 Å². The standard InChI is InChI=1S/C46H62O6/c1-4-5-9-43(50)52-41-20-19-39-37-15-11-29-26-32(14-18-34(29)35(37)21-23-45(39,41)2)51-42(49)10-7-6-8-30-27-40(48)46(3)24-22-36-33-17-13-31(47)25-28(33)12-16-38(36)44(30)46/h13-14,17-18,25-26,30,35-41,44,47-48H,4-12,15-16,19-24,27H2,1-3H3/t30?,35-,36-,37-,38-,39+,40?,41?,44+,45+,46-/m1/s1. The molecule has 0 saturated heterocycles. The number of benzene rings is 2. The summed E-state index contributed by atoms with van der Waals surface area (Å²) in [6.07, 6.45) is 17.3. The molecule has 6 aliphatic rings. The molecular weight excluding hydrogens is 649 g/mol. The van der Waals surface area contributed by atoms with Crippen LogP contribution in [0.2, 0.25) is 0 Å². The molecule has 2 aromatic rings. The fourth-order valence-electron chi connectivity index (χ4n) is 13.3. The summed E-state index contributed by atoms with van der Waals surface area (Å²) in [6, 6.07) is 12.4. The van der Waals surface area contributed by atoms with Crippen LogP contribution in [0.25, 0.3) is 0 Å². The van der Waals surface area contributed by atoms with Gasteiger partial charge < -0.3 is 19.7 Å². The van der Waals surface area contributed by atoms with Gasteiger partial charge in [0.1, 0.15) is 17.6 Å². The zero-order chi connectivity index (χ0) is 36.2. The van der Waals surface area contributed by atoms with E-state index in [1.165, 1.54) is 22.3 Å². The number of aryl methyl sites for hydroxylation is 2. The molecule has 4 fully saturated rings. The average Bonchev–Trinajstić information content (AvgIpc) is 3.60. The second kappa shape index (κ2) is 14.4. The number of aromatic hydroxyl groups is 1.